The maximum absolute atomic E-state index is 13.0. The first-order valence-electron chi connectivity index (χ1n) is 12.7. The molecule has 1 saturated carbocycles. The monoisotopic (exact) mass is 524 g/mol. The number of amides is 2. The Morgan fingerprint density at radius 1 is 1.11 bits per heavy atom. The second-order valence-electron chi connectivity index (χ2n) is 9.90. The van der Waals surface area contributed by atoms with Crippen molar-refractivity contribution in [3.8, 4) is 0 Å². The average molecular weight is 525 g/mol. The lowest BCUT2D eigenvalue weighted by Gasteiger charge is -2.41. The molecule has 0 unspecified atom stereocenters. The highest BCUT2D eigenvalue weighted by Crippen LogP contribution is 2.30. The highest BCUT2D eigenvalue weighted by molar-refractivity contribution is 7.13. The van der Waals surface area contributed by atoms with Crippen molar-refractivity contribution in [2.45, 2.75) is 57.7 Å². The molecule has 1 saturated heterocycles. The second kappa shape index (κ2) is 10.0. The van der Waals surface area contributed by atoms with E-state index < -0.39 is 0 Å². The Hall–Kier alpha value is -2.59. The Balaban J connectivity index is 1.12. The van der Waals surface area contributed by atoms with Gasteiger partial charge in [0, 0.05) is 58.6 Å². The summed E-state index contributed by atoms with van der Waals surface area (Å²) in [6, 6.07) is 7.26. The summed E-state index contributed by atoms with van der Waals surface area (Å²) in [7, 11) is 0. The van der Waals surface area contributed by atoms with Crippen molar-refractivity contribution in [1.29, 1.82) is 0 Å². The first-order valence-corrected chi connectivity index (χ1v) is 13.9. The van der Waals surface area contributed by atoms with Gasteiger partial charge in [-0.3, -0.25) is 9.59 Å². The predicted octanol–water partition coefficient (Wildman–Crippen LogP) is 4.80. The molecule has 6 rings (SSSR count). The smallest absolute Gasteiger partial charge is 0.305 e. The Kier molecular flexibility index (Phi) is 6.64. The second-order valence-corrected chi connectivity index (χ2v) is 11.4. The largest absolute Gasteiger partial charge is 0.351 e. The standard InChI is InChI=1S/C26H29ClN6O2S/c27-18-7-8-20-17(11-18)12-21(29-20)24(34)30-19-6-2-1-5-16(19)13-28-25(35)26-31-22-14-32-9-3-4-10-33(32)15-23(22)36-26/h7-8,11-13,16,19,29H,1-6,9-10,14-15H2,(H,30,34)/t16-,19-/m0/s1. The summed E-state index contributed by atoms with van der Waals surface area (Å²) in [6.45, 7) is 3.74. The number of halogens is 1. The number of carbonyl (C=O) groups excluding carboxylic acids is 2. The highest BCUT2D eigenvalue weighted by Gasteiger charge is 2.30. The number of hydrogen-bond donors (Lipinski definition) is 2. The van der Waals surface area contributed by atoms with Gasteiger partial charge in [-0.1, -0.05) is 24.4 Å². The van der Waals surface area contributed by atoms with Crippen LogP contribution in [0.3, 0.4) is 0 Å². The van der Waals surface area contributed by atoms with Crippen LogP contribution in [-0.4, -0.2) is 57.1 Å². The molecule has 3 aliphatic rings. The maximum atomic E-state index is 13.0. The summed E-state index contributed by atoms with van der Waals surface area (Å²) in [5, 5.41) is 9.88. The van der Waals surface area contributed by atoms with Crippen LogP contribution in [0.2, 0.25) is 5.02 Å². The molecule has 188 valence electrons. The van der Waals surface area contributed by atoms with Gasteiger partial charge in [-0.2, -0.15) is 0 Å². The molecule has 36 heavy (non-hydrogen) atoms. The van der Waals surface area contributed by atoms with E-state index in [1.165, 1.54) is 29.1 Å². The van der Waals surface area contributed by atoms with Crippen molar-refractivity contribution in [2.24, 2.45) is 10.9 Å². The van der Waals surface area contributed by atoms with Gasteiger partial charge in [0.2, 0.25) is 0 Å². The fraction of sp³-hybridized carbons (Fsp3) is 0.462. The van der Waals surface area contributed by atoms with Crippen molar-refractivity contribution in [3.63, 3.8) is 0 Å². The van der Waals surface area contributed by atoms with Crippen LogP contribution in [0.15, 0.2) is 29.3 Å². The number of aromatic amines is 1. The number of nitrogens with zero attached hydrogens (tertiary/aromatic N) is 4. The Labute approximate surface area is 218 Å². The Morgan fingerprint density at radius 2 is 1.92 bits per heavy atom. The third-order valence-corrected chi connectivity index (χ3v) is 8.75. The first kappa shape index (κ1) is 23.8. The highest BCUT2D eigenvalue weighted by atomic mass is 35.5. The number of hydrogen-bond acceptors (Lipinski definition) is 6. The zero-order chi connectivity index (χ0) is 24.6. The van der Waals surface area contributed by atoms with E-state index in [0.29, 0.717) is 15.7 Å². The van der Waals surface area contributed by atoms with E-state index in [-0.39, 0.29) is 23.8 Å². The molecular formula is C26H29ClN6O2S. The van der Waals surface area contributed by atoms with E-state index in [1.807, 2.05) is 18.2 Å². The zero-order valence-electron chi connectivity index (χ0n) is 20.0. The third-order valence-electron chi connectivity index (χ3n) is 7.45. The molecule has 0 spiro atoms. The fourth-order valence-electron chi connectivity index (χ4n) is 5.50. The van der Waals surface area contributed by atoms with Gasteiger partial charge >= 0.3 is 5.91 Å². The van der Waals surface area contributed by atoms with Gasteiger partial charge in [0.05, 0.1) is 12.2 Å². The number of thiazole rings is 1. The number of aliphatic imine (C=N–C) groups is 1. The molecule has 10 heteroatoms. The van der Waals surface area contributed by atoms with Crippen LogP contribution in [-0.2, 0) is 13.1 Å². The van der Waals surface area contributed by atoms with Crippen molar-refractivity contribution >= 4 is 51.9 Å². The molecule has 0 radical (unpaired) electrons. The number of benzene rings is 1. The van der Waals surface area contributed by atoms with E-state index in [4.69, 9.17) is 11.6 Å². The van der Waals surface area contributed by atoms with Gasteiger partial charge in [-0.05, 0) is 49.9 Å². The molecule has 3 aromatic rings. The lowest BCUT2D eigenvalue weighted by molar-refractivity contribution is -0.0751. The molecule has 2 atom stereocenters. The van der Waals surface area contributed by atoms with Gasteiger partial charge < -0.3 is 10.3 Å². The maximum Gasteiger partial charge on any atom is 0.305 e. The number of hydrazine groups is 1. The summed E-state index contributed by atoms with van der Waals surface area (Å²) in [5.74, 6) is -0.427. The molecule has 1 aliphatic carbocycles. The topological polar surface area (TPSA) is 93.7 Å². The van der Waals surface area contributed by atoms with E-state index in [1.54, 1.807) is 12.3 Å². The first-order chi connectivity index (χ1) is 17.5. The number of fused-ring (bicyclic) bond motifs is 3. The number of aromatic nitrogens is 2. The van der Waals surface area contributed by atoms with Crippen LogP contribution in [0.25, 0.3) is 10.9 Å². The molecule has 8 nitrogen and oxygen atoms in total. The Morgan fingerprint density at radius 3 is 2.78 bits per heavy atom. The summed E-state index contributed by atoms with van der Waals surface area (Å²) in [4.78, 5) is 39.2. The molecule has 2 amide bonds. The van der Waals surface area contributed by atoms with Crippen molar-refractivity contribution in [2.75, 3.05) is 13.1 Å². The van der Waals surface area contributed by atoms with Crippen LogP contribution in [0.4, 0.5) is 0 Å². The lowest BCUT2D eigenvalue weighted by Crippen LogP contribution is -2.48. The van der Waals surface area contributed by atoms with Gasteiger partial charge in [-0.15, -0.1) is 11.3 Å². The number of nitrogens with one attached hydrogen (secondary N) is 2. The van der Waals surface area contributed by atoms with E-state index in [9.17, 15) is 9.59 Å². The Bertz CT molecular complexity index is 1300. The summed E-state index contributed by atoms with van der Waals surface area (Å²) in [6.07, 6.45) is 8.01. The van der Waals surface area contributed by atoms with Crippen molar-refractivity contribution < 1.29 is 9.59 Å². The SMILES string of the molecule is O=C(N[C@H]1CCCC[C@H]1C=NC(=O)c1nc2c(s1)CN1CCCCN1C2)c1cc2cc(Cl)ccc2[nH]1. The predicted molar refractivity (Wildman–Crippen MR) is 142 cm³/mol. The average Bonchev–Trinajstić information content (AvgIpc) is 3.50. The summed E-state index contributed by atoms with van der Waals surface area (Å²) < 4.78 is 0. The fourth-order valence-corrected chi connectivity index (χ4v) is 6.65. The van der Waals surface area contributed by atoms with E-state index in [2.05, 4.69) is 30.3 Å². The van der Waals surface area contributed by atoms with Gasteiger partial charge in [0.1, 0.15) is 5.69 Å². The minimum absolute atomic E-state index is 0.0140. The van der Waals surface area contributed by atoms with Gasteiger partial charge in [-0.25, -0.2) is 20.0 Å². The molecule has 1 aromatic carbocycles. The quantitative estimate of drug-likeness (QED) is 0.478. The number of carbonyl (C=O) groups is 2. The molecule has 2 aliphatic heterocycles. The molecule has 2 aromatic heterocycles. The van der Waals surface area contributed by atoms with Crippen LogP contribution < -0.4 is 5.32 Å². The van der Waals surface area contributed by atoms with Crippen LogP contribution in [0.1, 0.15) is 69.4 Å². The van der Waals surface area contributed by atoms with Crippen molar-refractivity contribution in [1.82, 2.24) is 25.3 Å². The summed E-state index contributed by atoms with van der Waals surface area (Å²) in [5.41, 5.74) is 2.39. The van der Waals surface area contributed by atoms with E-state index >= 15 is 0 Å². The van der Waals surface area contributed by atoms with Crippen molar-refractivity contribution in [3.05, 3.63) is 50.6 Å². The van der Waals surface area contributed by atoms with Crippen LogP contribution in [0, 0.1) is 5.92 Å². The number of rotatable bonds is 4. The zero-order valence-corrected chi connectivity index (χ0v) is 21.6. The minimum Gasteiger partial charge on any atom is -0.351 e. The van der Waals surface area contributed by atoms with Crippen LogP contribution >= 0.6 is 22.9 Å². The number of H-pyrrole nitrogens is 1. The van der Waals surface area contributed by atoms with E-state index in [0.717, 1.165) is 68.5 Å². The molecule has 2 fully saturated rings. The molecule has 4 heterocycles. The lowest BCUT2D eigenvalue weighted by atomic mass is 9.85. The molecule has 0 bridgehead atoms. The molecule has 2 N–H and O–H groups in total. The van der Waals surface area contributed by atoms with Gasteiger partial charge in [0.25, 0.3) is 5.91 Å². The molecular weight excluding hydrogens is 496 g/mol. The normalized spacial score (nSPS) is 23.0. The summed E-state index contributed by atoms with van der Waals surface area (Å²) >= 11 is 7.55. The van der Waals surface area contributed by atoms with Crippen LogP contribution in [0.5, 0.6) is 0 Å². The minimum atomic E-state index is -0.287. The third kappa shape index (κ3) is 4.85. The van der Waals surface area contributed by atoms with Gasteiger partial charge in [0.15, 0.2) is 5.01 Å².